The van der Waals surface area contributed by atoms with Crippen molar-refractivity contribution in [3.8, 4) is 11.5 Å². The van der Waals surface area contributed by atoms with E-state index in [0.717, 1.165) is 16.1 Å². The first kappa shape index (κ1) is 17.6. The van der Waals surface area contributed by atoms with Crippen LogP contribution in [-0.4, -0.2) is 46.1 Å². The number of carboxylic acid groups (broad SMARTS) is 1. The van der Waals surface area contributed by atoms with Crippen LogP contribution in [0.4, 0.5) is 0 Å². The van der Waals surface area contributed by atoms with Gasteiger partial charge in [0.05, 0.1) is 0 Å². The van der Waals surface area contributed by atoms with Gasteiger partial charge in [-0.25, -0.2) is 0 Å². The molecular weight excluding hydrogens is 363 g/mol. The van der Waals surface area contributed by atoms with Gasteiger partial charge in [0.15, 0.2) is 0 Å². The standard InChI is InChI=1S/C17H20O5Se/c1-10(17(19)20)6-11(4-5-18)15-8-12-7-13(21-2)14(22-3)9-16(12)23-15/h5,7-11H,4,6H2,1-3H3,(H,19,20). The van der Waals surface area contributed by atoms with Crippen LogP contribution in [0.25, 0.3) is 9.65 Å². The molecule has 2 unspecified atom stereocenters. The van der Waals surface area contributed by atoms with Crippen molar-refractivity contribution < 1.29 is 24.2 Å². The maximum atomic E-state index is 11.1. The average molecular weight is 383 g/mol. The molecule has 0 spiro atoms. The third kappa shape index (κ3) is 3.95. The number of ether oxygens (including phenoxy) is 2. The fraction of sp³-hybridized carbons (Fsp3) is 0.412. The fourth-order valence-electron chi connectivity index (χ4n) is 2.56. The Kier molecular flexibility index (Phi) is 5.85. The topological polar surface area (TPSA) is 72.8 Å². The molecule has 1 N–H and O–H groups in total. The molecular formula is C17H20O5Se. The van der Waals surface area contributed by atoms with Crippen LogP contribution in [0.15, 0.2) is 18.2 Å². The first-order chi connectivity index (χ1) is 11.0. The van der Waals surface area contributed by atoms with E-state index in [9.17, 15) is 9.59 Å². The molecule has 2 rings (SSSR count). The van der Waals surface area contributed by atoms with Gasteiger partial charge in [-0.1, -0.05) is 0 Å². The number of benzene rings is 1. The minimum atomic E-state index is -0.826. The number of hydrogen-bond donors (Lipinski definition) is 1. The van der Waals surface area contributed by atoms with Crippen LogP contribution in [0.5, 0.6) is 11.5 Å². The molecule has 0 saturated heterocycles. The Balaban J connectivity index is 2.39. The predicted molar refractivity (Wildman–Crippen MR) is 88.8 cm³/mol. The summed E-state index contributed by atoms with van der Waals surface area (Å²) in [5, 5.41) is 10.2. The van der Waals surface area contributed by atoms with Gasteiger partial charge in [0.25, 0.3) is 0 Å². The Morgan fingerprint density at radius 1 is 1.26 bits per heavy atom. The summed E-state index contributed by atoms with van der Waals surface area (Å²) in [6.45, 7) is 1.68. The predicted octanol–water partition coefficient (Wildman–Crippen LogP) is 2.70. The summed E-state index contributed by atoms with van der Waals surface area (Å²) in [6, 6.07) is 5.97. The molecule has 2 aromatic rings. The van der Waals surface area contributed by atoms with Crippen molar-refractivity contribution in [3.05, 3.63) is 22.6 Å². The Morgan fingerprint density at radius 3 is 2.48 bits per heavy atom. The van der Waals surface area contributed by atoms with Gasteiger partial charge in [-0.15, -0.1) is 0 Å². The number of carbonyl (C=O) groups is 2. The summed E-state index contributed by atoms with van der Waals surface area (Å²) in [4.78, 5) is 22.1. The molecule has 2 atom stereocenters. The molecule has 0 saturated carbocycles. The second kappa shape index (κ2) is 7.66. The molecule has 0 aliphatic carbocycles. The molecule has 0 aliphatic heterocycles. The summed E-state index contributed by atoms with van der Waals surface area (Å²) >= 11 is 0.0702. The van der Waals surface area contributed by atoms with Gasteiger partial charge in [-0.3, -0.25) is 0 Å². The first-order valence-electron chi connectivity index (χ1n) is 7.32. The molecule has 1 heterocycles. The zero-order valence-corrected chi connectivity index (χ0v) is 15.1. The van der Waals surface area contributed by atoms with Crippen LogP contribution < -0.4 is 9.47 Å². The number of rotatable bonds is 8. The molecule has 1 aromatic carbocycles. The van der Waals surface area contributed by atoms with Crippen molar-refractivity contribution in [1.82, 2.24) is 0 Å². The summed E-state index contributed by atoms with van der Waals surface area (Å²) in [6.07, 6.45) is 1.71. The molecule has 6 heteroatoms. The van der Waals surface area contributed by atoms with Crippen LogP contribution in [0, 0.1) is 5.92 Å². The molecule has 0 amide bonds. The Bertz CT molecular complexity index is 665. The molecule has 0 radical (unpaired) electrons. The number of carboxylic acids is 1. The number of hydrogen-bond acceptors (Lipinski definition) is 4. The first-order valence-corrected chi connectivity index (χ1v) is 9.03. The van der Waals surface area contributed by atoms with Gasteiger partial charge < -0.3 is 0 Å². The fourth-order valence-corrected chi connectivity index (χ4v) is 5.08. The quantitative estimate of drug-likeness (QED) is 0.561. The van der Waals surface area contributed by atoms with E-state index >= 15 is 0 Å². The number of fused-ring (bicyclic) bond motifs is 1. The molecule has 0 bridgehead atoms. The van der Waals surface area contributed by atoms with Crippen molar-refractivity contribution in [1.29, 1.82) is 0 Å². The number of methoxy groups -OCH3 is 2. The van der Waals surface area contributed by atoms with E-state index < -0.39 is 11.9 Å². The molecule has 5 nitrogen and oxygen atoms in total. The summed E-state index contributed by atoms with van der Waals surface area (Å²) < 4.78 is 13.0. The zero-order valence-electron chi connectivity index (χ0n) is 13.4. The Hall–Kier alpha value is -1.78. The van der Waals surface area contributed by atoms with Crippen LogP contribution in [0.1, 0.15) is 30.1 Å². The third-order valence-electron chi connectivity index (χ3n) is 3.88. The Labute approximate surface area is 140 Å². The second-order valence-corrected chi connectivity index (χ2v) is 7.81. The van der Waals surface area contributed by atoms with E-state index in [1.807, 2.05) is 12.1 Å². The molecule has 124 valence electrons. The van der Waals surface area contributed by atoms with Gasteiger partial charge in [-0.05, 0) is 0 Å². The summed E-state index contributed by atoms with van der Waals surface area (Å²) in [5.74, 6) is 0.0410. The summed E-state index contributed by atoms with van der Waals surface area (Å²) in [7, 11) is 3.20. The second-order valence-electron chi connectivity index (χ2n) is 5.47. The van der Waals surface area contributed by atoms with Crippen molar-refractivity contribution in [3.63, 3.8) is 0 Å². The molecule has 1 aromatic heterocycles. The minimum absolute atomic E-state index is 0.0250. The van der Waals surface area contributed by atoms with Gasteiger partial charge in [0.1, 0.15) is 0 Å². The average Bonchev–Trinajstić information content (AvgIpc) is 2.95. The molecule has 0 aliphatic rings. The Morgan fingerprint density at radius 2 is 1.91 bits per heavy atom. The monoisotopic (exact) mass is 384 g/mol. The number of aliphatic carboxylic acids is 1. The van der Waals surface area contributed by atoms with Crippen LogP contribution in [0.3, 0.4) is 0 Å². The normalized spacial score (nSPS) is 13.5. The van der Waals surface area contributed by atoms with Crippen LogP contribution >= 0.6 is 0 Å². The van der Waals surface area contributed by atoms with Crippen molar-refractivity contribution in [2.45, 2.75) is 25.7 Å². The maximum absolute atomic E-state index is 11.1. The van der Waals surface area contributed by atoms with E-state index in [1.165, 1.54) is 4.26 Å². The van der Waals surface area contributed by atoms with Crippen molar-refractivity contribution >= 4 is 36.4 Å². The van der Waals surface area contributed by atoms with E-state index in [4.69, 9.17) is 14.6 Å². The summed E-state index contributed by atoms with van der Waals surface area (Å²) in [5.41, 5.74) is 0. The van der Waals surface area contributed by atoms with Crippen LogP contribution in [-0.2, 0) is 9.59 Å². The van der Waals surface area contributed by atoms with E-state index in [1.54, 1.807) is 21.1 Å². The van der Waals surface area contributed by atoms with Gasteiger partial charge in [0.2, 0.25) is 0 Å². The van der Waals surface area contributed by atoms with Gasteiger partial charge in [-0.2, -0.15) is 0 Å². The van der Waals surface area contributed by atoms with E-state index in [0.29, 0.717) is 24.3 Å². The molecule has 23 heavy (non-hydrogen) atoms. The van der Waals surface area contributed by atoms with Crippen LogP contribution in [0.2, 0.25) is 0 Å². The zero-order chi connectivity index (χ0) is 17.0. The molecule has 0 fully saturated rings. The van der Waals surface area contributed by atoms with E-state index in [-0.39, 0.29) is 20.4 Å². The SMILES string of the molecule is COc1cc2cc(C(CC=O)CC(C)C(=O)O)[se]c2cc1OC. The number of carbonyl (C=O) groups excluding carboxylic acids is 1. The van der Waals surface area contributed by atoms with Crippen molar-refractivity contribution in [2.24, 2.45) is 5.92 Å². The third-order valence-corrected chi connectivity index (χ3v) is 6.53. The van der Waals surface area contributed by atoms with Gasteiger partial charge >= 0.3 is 141 Å². The van der Waals surface area contributed by atoms with E-state index in [2.05, 4.69) is 6.07 Å². The van der Waals surface area contributed by atoms with Crippen molar-refractivity contribution in [2.75, 3.05) is 14.2 Å². The van der Waals surface area contributed by atoms with Gasteiger partial charge in [0, 0.05) is 0 Å². The number of aldehydes is 1.